The van der Waals surface area contributed by atoms with Crippen LogP contribution >= 0.6 is 11.6 Å². The minimum atomic E-state index is -3.60. The third-order valence-corrected chi connectivity index (χ3v) is 6.49. The largest absolute Gasteiger partial charge is 0.343 e. The second-order valence-electron chi connectivity index (χ2n) is 6.43. The number of hydrogen-bond acceptors (Lipinski definition) is 3. The Bertz CT molecular complexity index is 907. The fourth-order valence-electron chi connectivity index (χ4n) is 3.15. The molecule has 0 saturated heterocycles. The minimum Gasteiger partial charge on any atom is -0.343 e. The van der Waals surface area contributed by atoms with Crippen molar-refractivity contribution in [3.05, 3.63) is 64.7 Å². The van der Waals surface area contributed by atoms with Gasteiger partial charge in [-0.1, -0.05) is 36.7 Å². The molecule has 1 aliphatic carbocycles. The van der Waals surface area contributed by atoms with Crippen LogP contribution in [-0.2, 0) is 15.6 Å². The molecule has 0 atom stereocenters. The summed E-state index contributed by atoms with van der Waals surface area (Å²) < 4.78 is 26.7. The summed E-state index contributed by atoms with van der Waals surface area (Å²) in [5.41, 5.74) is 0.917. The molecule has 1 amide bonds. The van der Waals surface area contributed by atoms with E-state index < -0.39 is 15.6 Å². The summed E-state index contributed by atoms with van der Waals surface area (Å²) in [6.45, 7) is 2.00. The fourth-order valence-corrected chi connectivity index (χ4v) is 4.36. The molecule has 1 aliphatic rings. The van der Waals surface area contributed by atoms with Crippen LogP contribution in [0.1, 0.15) is 42.1 Å². The van der Waals surface area contributed by atoms with Crippen LogP contribution in [-0.4, -0.2) is 20.9 Å². The van der Waals surface area contributed by atoms with Gasteiger partial charge < -0.3 is 5.32 Å². The van der Waals surface area contributed by atoms with Crippen molar-refractivity contribution in [2.45, 2.75) is 36.6 Å². The van der Waals surface area contributed by atoms with E-state index in [1.165, 1.54) is 12.1 Å². The maximum Gasteiger partial charge on any atom is 0.252 e. The molecular weight excluding hydrogens is 372 g/mol. The van der Waals surface area contributed by atoms with E-state index in [-0.39, 0.29) is 10.8 Å². The second-order valence-corrected chi connectivity index (χ2v) is 8.63. The predicted octanol–water partition coefficient (Wildman–Crippen LogP) is 3.45. The first-order valence-corrected chi connectivity index (χ1v) is 10.4. The van der Waals surface area contributed by atoms with E-state index in [1.54, 1.807) is 19.1 Å². The lowest BCUT2D eigenvalue weighted by Crippen LogP contribution is -2.50. The monoisotopic (exact) mass is 392 g/mol. The van der Waals surface area contributed by atoms with E-state index in [4.69, 9.17) is 11.6 Å². The van der Waals surface area contributed by atoms with Gasteiger partial charge in [-0.25, -0.2) is 13.1 Å². The van der Waals surface area contributed by atoms with Crippen LogP contribution < -0.4 is 10.0 Å². The minimum absolute atomic E-state index is 0.0844. The molecular formula is C19H21ClN2O3S. The summed E-state index contributed by atoms with van der Waals surface area (Å²) in [4.78, 5) is 12.9. The number of hydrogen-bond donors (Lipinski definition) is 2. The molecule has 0 aliphatic heterocycles. The van der Waals surface area contributed by atoms with Crippen LogP contribution in [0, 0.1) is 0 Å². The molecule has 3 rings (SSSR count). The molecule has 0 aromatic heterocycles. The lowest BCUT2D eigenvalue weighted by atomic mass is 9.71. The fraction of sp³-hybridized carbons (Fsp3) is 0.316. The molecule has 0 bridgehead atoms. The van der Waals surface area contributed by atoms with Crippen LogP contribution in [0.5, 0.6) is 0 Å². The third-order valence-electron chi connectivity index (χ3n) is 4.70. The van der Waals surface area contributed by atoms with Gasteiger partial charge in [0, 0.05) is 17.1 Å². The van der Waals surface area contributed by atoms with Gasteiger partial charge in [0.1, 0.15) is 0 Å². The number of carbonyl (C=O) groups is 1. The standard InChI is InChI=1S/C19H21ClN2O3S/c1-2-21-26(24,25)17-6-3-5-14(13-17)18(23)22-19(11-4-12-19)15-7-9-16(20)10-8-15/h3,5-10,13,21H,2,4,11-12H2,1H3,(H,22,23). The average Bonchev–Trinajstić information content (AvgIpc) is 2.59. The Morgan fingerprint density at radius 2 is 1.85 bits per heavy atom. The van der Waals surface area contributed by atoms with E-state index in [0.29, 0.717) is 17.1 Å². The predicted molar refractivity (Wildman–Crippen MR) is 102 cm³/mol. The molecule has 2 aromatic rings. The SMILES string of the molecule is CCNS(=O)(=O)c1cccc(C(=O)NC2(c3ccc(Cl)cc3)CCC2)c1. The highest BCUT2D eigenvalue weighted by Gasteiger charge is 2.40. The Morgan fingerprint density at radius 1 is 1.15 bits per heavy atom. The van der Waals surface area contributed by atoms with E-state index in [1.807, 2.05) is 24.3 Å². The highest BCUT2D eigenvalue weighted by molar-refractivity contribution is 7.89. The highest BCUT2D eigenvalue weighted by atomic mass is 35.5. The number of sulfonamides is 1. The molecule has 7 heteroatoms. The van der Waals surface area contributed by atoms with Gasteiger partial charge in [-0.05, 0) is 55.2 Å². The maximum absolute atomic E-state index is 12.8. The zero-order valence-electron chi connectivity index (χ0n) is 14.5. The summed E-state index contributed by atoms with van der Waals surface area (Å²) in [6.07, 6.45) is 2.71. The summed E-state index contributed by atoms with van der Waals surface area (Å²) >= 11 is 5.96. The van der Waals surface area contributed by atoms with Gasteiger partial charge in [0.25, 0.3) is 5.91 Å². The van der Waals surface area contributed by atoms with Crippen LogP contribution in [0.15, 0.2) is 53.4 Å². The topological polar surface area (TPSA) is 75.3 Å². The van der Waals surface area contributed by atoms with Crippen molar-refractivity contribution in [2.75, 3.05) is 6.54 Å². The van der Waals surface area contributed by atoms with Crippen molar-refractivity contribution in [3.8, 4) is 0 Å². The summed E-state index contributed by atoms with van der Waals surface area (Å²) in [6, 6.07) is 13.6. The molecule has 2 N–H and O–H groups in total. The normalized spacial score (nSPS) is 15.9. The maximum atomic E-state index is 12.8. The molecule has 0 unspecified atom stereocenters. The van der Waals surface area contributed by atoms with Gasteiger partial charge in [0.05, 0.1) is 10.4 Å². The van der Waals surface area contributed by atoms with Crippen molar-refractivity contribution in [1.29, 1.82) is 0 Å². The van der Waals surface area contributed by atoms with E-state index in [0.717, 1.165) is 24.8 Å². The van der Waals surface area contributed by atoms with Crippen molar-refractivity contribution < 1.29 is 13.2 Å². The number of rotatable bonds is 6. The van der Waals surface area contributed by atoms with Gasteiger partial charge in [0.2, 0.25) is 10.0 Å². The Balaban J connectivity index is 1.84. The van der Waals surface area contributed by atoms with Gasteiger partial charge in [-0.15, -0.1) is 0 Å². The highest BCUT2D eigenvalue weighted by Crippen LogP contribution is 2.41. The van der Waals surface area contributed by atoms with Crippen molar-refractivity contribution in [3.63, 3.8) is 0 Å². The van der Waals surface area contributed by atoms with Crippen LogP contribution in [0.4, 0.5) is 0 Å². The van der Waals surface area contributed by atoms with Gasteiger partial charge in [-0.3, -0.25) is 4.79 Å². The summed E-state index contributed by atoms with van der Waals surface area (Å²) in [5, 5.41) is 3.74. The quantitative estimate of drug-likeness (QED) is 0.790. The molecule has 138 valence electrons. The second kappa shape index (κ2) is 7.39. The molecule has 0 heterocycles. The van der Waals surface area contributed by atoms with Gasteiger partial charge in [0.15, 0.2) is 0 Å². The molecule has 1 fully saturated rings. The van der Waals surface area contributed by atoms with Crippen molar-refractivity contribution >= 4 is 27.5 Å². The number of benzene rings is 2. The van der Waals surface area contributed by atoms with E-state index in [9.17, 15) is 13.2 Å². The first-order chi connectivity index (χ1) is 12.4. The Labute approximate surface area is 158 Å². The molecule has 5 nitrogen and oxygen atoms in total. The van der Waals surface area contributed by atoms with Crippen molar-refractivity contribution in [1.82, 2.24) is 10.0 Å². The van der Waals surface area contributed by atoms with Gasteiger partial charge >= 0.3 is 0 Å². The zero-order chi connectivity index (χ0) is 18.8. The Hall–Kier alpha value is -1.89. The number of nitrogens with one attached hydrogen (secondary N) is 2. The molecule has 0 radical (unpaired) electrons. The first kappa shape index (κ1) is 18.9. The van der Waals surface area contributed by atoms with Crippen molar-refractivity contribution in [2.24, 2.45) is 0 Å². The number of amides is 1. The Kier molecular flexibility index (Phi) is 5.37. The number of halogens is 1. The molecule has 2 aromatic carbocycles. The Morgan fingerprint density at radius 3 is 2.42 bits per heavy atom. The lowest BCUT2D eigenvalue weighted by Gasteiger charge is -2.43. The molecule has 26 heavy (non-hydrogen) atoms. The molecule has 1 saturated carbocycles. The van der Waals surface area contributed by atoms with Crippen LogP contribution in [0.25, 0.3) is 0 Å². The third kappa shape index (κ3) is 3.77. The van der Waals surface area contributed by atoms with E-state index >= 15 is 0 Å². The van der Waals surface area contributed by atoms with Crippen LogP contribution in [0.2, 0.25) is 5.02 Å². The first-order valence-electron chi connectivity index (χ1n) is 8.55. The zero-order valence-corrected chi connectivity index (χ0v) is 16.0. The average molecular weight is 393 g/mol. The number of carbonyl (C=O) groups excluding carboxylic acids is 1. The van der Waals surface area contributed by atoms with Crippen LogP contribution in [0.3, 0.4) is 0 Å². The summed E-state index contributed by atoms with van der Waals surface area (Å²) in [5.74, 6) is -0.284. The van der Waals surface area contributed by atoms with Gasteiger partial charge in [-0.2, -0.15) is 0 Å². The summed E-state index contributed by atoms with van der Waals surface area (Å²) in [7, 11) is -3.60. The van der Waals surface area contributed by atoms with E-state index in [2.05, 4.69) is 10.0 Å². The molecule has 0 spiro atoms. The lowest BCUT2D eigenvalue weighted by molar-refractivity contribution is 0.0823. The smallest absolute Gasteiger partial charge is 0.252 e.